The maximum atomic E-state index is 15.3. The largest absolute Gasteiger partial charge is 0.477 e. The Hall–Kier alpha value is -5.82. The summed E-state index contributed by atoms with van der Waals surface area (Å²) in [6, 6.07) is 6.56. The Labute approximate surface area is 290 Å². The van der Waals surface area contributed by atoms with Crippen LogP contribution in [0.2, 0.25) is 0 Å². The Morgan fingerprint density at radius 2 is 2.00 bits per heavy atom. The van der Waals surface area contributed by atoms with E-state index >= 15 is 4.39 Å². The van der Waals surface area contributed by atoms with Gasteiger partial charge in [-0.3, -0.25) is 19.3 Å². The lowest BCUT2D eigenvalue weighted by Gasteiger charge is -2.49. The van der Waals surface area contributed by atoms with E-state index < -0.39 is 40.8 Å². The number of benzene rings is 1. The number of rotatable bonds is 11. The molecule has 5 heterocycles. The van der Waals surface area contributed by atoms with E-state index in [-0.39, 0.29) is 64.0 Å². The van der Waals surface area contributed by atoms with Crippen LogP contribution < -0.4 is 26.7 Å². The summed E-state index contributed by atoms with van der Waals surface area (Å²) in [5.41, 5.74) is 6.80. The summed E-state index contributed by atoms with van der Waals surface area (Å²) >= 11 is 2.37. The number of nitrogens with one attached hydrogen (secondary N) is 2. The van der Waals surface area contributed by atoms with Crippen molar-refractivity contribution in [3.63, 3.8) is 0 Å². The van der Waals surface area contributed by atoms with Crippen molar-refractivity contribution < 1.29 is 42.5 Å². The minimum absolute atomic E-state index is 0.0100. The lowest BCUT2D eigenvalue weighted by molar-refractivity contribution is -0.689. The number of hydrogen-bond donors (Lipinski definition) is 4. The third-order valence-corrected chi connectivity index (χ3v) is 9.87. The normalized spacial score (nSPS) is 17.2. The number of thioether (sulfide) groups is 1. The van der Waals surface area contributed by atoms with E-state index in [4.69, 9.17) is 15.0 Å². The van der Waals surface area contributed by atoms with Crippen LogP contribution in [0.5, 0.6) is 0 Å². The number of carboxylic acid groups (broad SMARTS) is 1. The molecule has 4 aromatic rings. The highest BCUT2D eigenvalue weighted by Gasteiger charge is 2.54. The summed E-state index contributed by atoms with van der Waals surface area (Å²) in [6.07, 6.45) is 4.69. The van der Waals surface area contributed by atoms with Gasteiger partial charge >= 0.3 is 11.7 Å². The van der Waals surface area contributed by atoms with Crippen LogP contribution in [-0.4, -0.2) is 73.2 Å². The number of nitrogens with zero attached hydrogens (tertiary/aromatic N) is 5. The number of oxime groups is 1. The Morgan fingerprint density at radius 3 is 2.64 bits per heavy atom. The van der Waals surface area contributed by atoms with Gasteiger partial charge in [-0.25, -0.2) is 28.1 Å². The van der Waals surface area contributed by atoms with Gasteiger partial charge in [-0.1, -0.05) is 5.16 Å². The minimum Gasteiger partial charge on any atom is -0.477 e. The molecule has 16 nitrogen and oxygen atoms in total. The summed E-state index contributed by atoms with van der Waals surface area (Å²) in [5, 5.41) is 20.0. The molecule has 1 fully saturated rings. The van der Waals surface area contributed by atoms with Gasteiger partial charge in [0, 0.05) is 41.3 Å². The quantitative estimate of drug-likeness (QED) is 0.0741. The van der Waals surface area contributed by atoms with Crippen molar-refractivity contribution >= 4 is 58.3 Å². The first-order valence-electron chi connectivity index (χ1n) is 14.7. The number of nitrogens with two attached hydrogens (primary N) is 1. The van der Waals surface area contributed by atoms with Crippen LogP contribution in [0.3, 0.4) is 0 Å². The number of anilines is 1. The fourth-order valence-corrected chi connectivity index (χ4v) is 7.41. The first-order valence-corrected chi connectivity index (χ1v) is 16.7. The first-order chi connectivity index (χ1) is 23.9. The second-order valence-corrected chi connectivity index (χ2v) is 12.9. The number of thiazole rings is 1. The van der Waals surface area contributed by atoms with Crippen LogP contribution in [0.4, 0.5) is 10.2 Å². The number of carbonyl (C=O) groups excluding carboxylic acids is 3. The molecule has 0 unspecified atom stereocenters. The van der Waals surface area contributed by atoms with Crippen molar-refractivity contribution in [3.05, 3.63) is 92.7 Å². The lowest BCUT2D eigenvalue weighted by atomic mass is 10.0. The molecule has 2 aliphatic heterocycles. The number of pyridine rings is 1. The Kier molecular flexibility index (Phi) is 9.51. The zero-order valence-corrected chi connectivity index (χ0v) is 27.9. The minimum atomic E-state index is -1.29. The molecular weight excluding hydrogens is 696 g/mol. The van der Waals surface area contributed by atoms with E-state index in [1.807, 2.05) is 0 Å². The van der Waals surface area contributed by atoms with Crippen molar-refractivity contribution in [2.24, 2.45) is 5.16 Å². The average molecular weight is 724 g/mol. The number of aromatic nitrogens is 3. The number of carboxylic acids is 1. The third-order valence-electron chi connectivity index (χ3n) is 7.66. The number of aliphatic carboxylic acids is 1. The number of fused-ring (bicyclic) bond motifs is 1. The molecule has 2 atom stereocenters. The number of β-lactam (4-membered cyclic amide) rings is 1. The van der Waals surface area contributed by atoms with Crippen LogP contribution >= 0.6 is 23.1 Å². The fraction of sp³-hybridized carbons (Fsp3) is 0.226. The molecule has 2 aliphatic rings. The Bertz CT molecular complexity index is 2140. The lowest BCUT2D eigenvalue weighted by Crippen LogP contribution is -2.71. The topological polar surface area (TPSA) is 215 Å². The van der Waals surface area contributed by atoms with Crippen molar-refractivity contribution in [2.45, 2.75) is 31.4 Å². The predicted molar refractivity (Wildman–Crippen MR) is 177 cm³/mol. The number of nitrogen functional groups attached to an aromatic ring is 1. The van der Waals surface area contributed by atoms with Gasteiger partial charge in [0.2, 0.25) is 11.6 Å². The van der Waals surface area contributed by atoms with E-state index in [1.165, 1.54) is 49.5 Å². The van der Waals surface area contributed by atoms with E-state index in [2.05, 4.69) is 20.8 Å². The Morgan fingerprint density at radius 1 is 1.24 bits per heavy atom. The van der Waals surface area contributed by atoms with E-state index in [0.717, 1.165) is 20.8 Å². The van der Waals surface area contributed by atoms with E-state index in [9.17, 15) is 29.1 Å². The molecule has 0 saturated carbocycles. The monoisotopic (exact) mass is 723 g/mol. The van der Waals surface area contributed by atoms with Gasteiger partial charge in [0.1, 0.15) is 41.6 Å². The summed E-state index contributed by atoms with van der Waals surface area (Å²) < 4.78 is 23.2. The molecule has 0 spiro atoms. The molecule has 3 aromatic heterocycles. The Balaban J connectivity index is 1.15. The summed E-state index contributed by atoms with van der Waals surface area (Å²) in [4.78, 5) is 72.0. The fourth-order valence-electron chi connectivity index (χ4n) is 5.39. The molecule has 3 amide bonds. The van der Waals surface area contributed by atoms with Gasteiger partial charge < -0.3 is 30.7 Å². The SMILES string of the molecule is CO/N=C(/C(=O)N[C@@H]1C(=O)N2C(C(=O)O)=C(C[n+]3ccc(-c4ccc(-n5cc(CNC(C)=O)oc5=O)cc4F)cc3)CS[C@@H]12)c1nc(N)cs1. The molecule has 6 rings (SSSR count). The molecule has 1 saturated heterocycles. The van der Waals surface area contributed by atoms with Gasteiger partial charge in [0.25, 0.3) is 11.8 Å². The highest BCUT2D eigenvalue weighted by molar-refractivity contribution is 8.00. The highest BCUT2D eigenvalue weighted by atomic mass is 32.2. The van der Waals surface area contributed by atoms with Crippen LogP contribution in [0, 0.1) is 5.82 Å². The van der Waals surface area contributed by atoms with Crippen molar-refractivity contribution in [3.8, 4) is 16.8 Å². The standard InChI is InChI=1S/C31H27FN8O8S2/c1-15(41)34-10-19-12-39(31(46)48-19)18-3-4-20(21(32)9-18)16-5-7-38(8-6-16)11-17-13-50-29-24(28(43)40(29)25(17)30(44)45)36-26(42)23(37-47-2)27-35-22(33)14-49-27/h3-9,12,14,24,29H,10-11,13,33H2,1-2H3,(H2-,34,36,41,42,44,45)/p+1/b37-23-/t24-,29+/m1/s1. The number of carbonyl (C=O) groups is 4. The molecule has 0 aliphatic carbocycles. The molecule has 0 bridgehead atoms. The van der Waals surface area contributed by atoms with Crippen LogP contribution in [0.25, 0.3) is 16.8 Å². The summed E-state index contributed by atoms with van der Waals surface area (Å²) in [7, 11) is 1.26. The van der Waals surface area contributed by atoms with Crippen LogP contribution in [0.1, 0.15) is 17.7 Å². The number of hydrogen-bond acceptors (Lipinski definition) is 12. The molecule has 258 valence electrons. The zero-order chi connectivity index (χ0) is 35.7. The highest BCUT2D eigenvalue weighted by Crippen LogP contribution is 2.40. The number of amides is 3. The van der Waals surface area contributed by atoms with Crippen molar-refractivity contribution in [1.82, 2.24) is 25.1 Å². The molecule has 0 radical (unpaired) electrons. The maximum Gasteiger partial charge on any atom is 0.423 e. The van der Waals surface area contributed by atoms with Gasteiger partial charge in [-0.05, 0) is 23.8 Å². The zero-order valence-electron chi connectivity index (χ0n) is 26.3. The second-order valence-electron chi connectivity index (χ2n) is 11.0. The maximum absolute atomic E-state index is 15.3. The van der Waals surface area contributed by atoms with Crippen LogP contribution in [0.15, 0.2) is 79.9 Å². The predicted octanol–water partition coefficient (Wildman–Crippen LogP) is 0.988. The average Bonchev–Trinajstić information content (AvgIpc) is 3.69. The molecular formula is C31H28FN8O8S2+. The summed E-state index contributed by atoms with van der Waals surface area (Å²) in [6.45, 7) is 1.47. The van der Waals surface area contributed by atoms with Crippen molar-refractivity contribution in [2.75, 3.05) is 18.6 Å². The molecule has 19 heteroatoms. The smallest absolute Gasteiger partial charge is 0.423 e. The second kappa shape index (κ2) is 14.0. The number of oxazole rings is 1. The molecule has 1 aromatic carbocycles. The van der Waals surface area contributed by atoms with Gasteiger partial charge in [-0.2, -0.15) is 0 Å². The molecule has 5 N–H and O–H groups in total. The third kappa shape index (κ3) is 6.72. The van der Waals surface area contributed by atoms with E-state index in [1.54, 1.807) is 35.2 Å². The first kappa shape index (κ1) is 34.1. The summed E-state index contributed by atoms with van der Waals surface area (Å²) in [5.74, 6) is -3.58. The van der Waals surface area contributed by atoms with Gasteiger partial charge in [0.05, 0.1) is 18.4 Å². The molecule has 50 heavy (non-hydrogen) atoms. The number of halogens is 1. The van der Waals surface area contributed by atoms with Crippen molar-refractivity contribution in [1.29, 1.82) is 0 Å². The van der Waals surface area contributed by atoms with Crippen LogP contribution in [-0.2, 0) is 37.1 Å². The van der Waals surface area contributed by atoms with Gasteiger partial charge in [0.15, 0.2) is 23.9 Å². The van der Waals surface area contributed by atoms with E-state index in [0.29, 0.717) is 11.1 Å². The van der Waals surface area contributed by atoms with Gasteiger partial charge in [-0.15, -0.1) is 23.1 Å².